The third-order valence-corrected chi connectivity index (χ3v) is 4.47. The maximum atomic E-state index is 4.77. The molecule has 14 heavy (non-hydrogen) atoms. The Morgan fingerprint density at radius 2 is 2.43 bits per heavy atom. The van der Waals surface area contributed by atoms with E-state index in [2.05, 4.69) is 42.5 Å². The van der Waals surface area contributed by atoms with Crippen LogP contribution in [0.3, 0.4) is 0 Å². The Balaban J connectivity index is 1.88. The predicted octanol–water partition coefficient (Wildman–Crippen LogP) is 2.67. The first-order valence-corrected chi connectivity index (χ1v) is 6.19. The number of fused-ring (bicyclic) bond motifs is 2. The van der Waals surface area contributed by atoms with Crippen molar-refractivity contribution >= 4 is 17.5 Å². The van der Waals surface area contributed by atoms with Crippen molar-refractivity contribution in [3.05, 3.63) is 30.7 Å². The van der Waals surface area contributed by atoms with E-state index in [1.165, 1.54) is 18.6 Å². The van der Waals surface area contributed by atoms with Crippen molar-refractivity contribution in [1.29, 1.82) is 0 Å². The van der Waals surface area contributed by atoms with Gasteiger partial charge in [-0.25, -0.2) is 0 Å². The molecule has 2 heteroatoms. The van der Waals surface area contributed by atoms with Gasteiger partial charge in [0.1, 0.15) is 0 Å². The number of aliphatic imine (C=N–C) groups is 1. The zero-order valence-corrected chi connectivity index (χ0v) is 8.83. The van der Waals surface area contributed by atoms with E-state index in [0.717, 1.165) is 6.42 Å². The highest BCUT2D eigenvalue weighted by Gasteiger charge is 2.33. The number of thioether (sulfide) groups is 1. The molecular formula is C12H13NS. The summed E-state index contributed by atoms with van der Waals surface area (Å²) >= 11 is 2.07. The summed E-state index contributed by atoms with van der Waals surface area (Å²) in [6, 6.07) is 0.371. The molecule has 0 amide bonds. The van der Waals surface area contributed by atoms with Gasteiger partial charge in [0, 0.05) is 11.7 Å². The molecule has 1 aliphatic heterocycles. The molecule has 0 spiro atoms. The van der Waals surface area contributed by atoms with Gasteiger partial charge in [0.05, 0.1) is 17.0 Å². The predicted molar refractivity (Wildman–Crippen MR) is 61.8 cm³/mol. The van der Waals surface area contributed by atoms with Gasteiger partial charge in [-0.2, -0.15) is 0 Å². The van der Waals surface area contributed by atoms with E-state index < -0.39 is 0 Å². The van der Waals surface area contributed by atoms with Crippen molar-refractivity contribution in [2.75, 3.05) is 0 Å². The van der Waals surface area contributed by atoms with Gasteiger partial charge in [-0.15, -0.1) is 11.8 Å². The van der Waals surface area contributed by atoms with Crippen LogP contribution in [0.1, 0.15) is 19.3 Å². The lowest BCUT2D eigenvalue weighted by molar-refractivity contribution is 0.541. The first-order valence-electron chi connectivity index (χ1n) is 5.25. The topological polar surface area (TPSA) is 12.4 Å². The van der Waals surface area contributed by atoms with Crippen LogP contribution in [0, 0.1) is 6.42 Å². The van der Waals surface area contributed by atoms with E-state index in [-0.39, 0.29) is 0 Å². The molecule has 3 atom stereocenters. The normalized spacial score (nSPS) is 40.0. The van der Waals surface area contributed by atoms with Gasteiger partial charge >= 0.3 is 0 Å². The van der Waals surface area contributed by atoms with E-state index >= 15 is 0 Å². The smallest absolute Gasteiger partial charge is 0.0691 e. The van der Waals surface area contributed by atoms with Crippen LogP contribution >= 0.6 is 11.8 Å². The zero-order chi connectivity index (χ0) is 9.38. The second kappa shape index (κ2) is 3.58. The Morgan fingerprint density at radius 3 is 3.43 bits per heavy atom. The molecule has 0 aromatic carbocycles. The first kappa shape index (κ1) is 8.78. The lowest BCUT2D eigenvalue weighted by atomic mass is 9.94. The Bertz CT molecular complexity index is 316. The number of nitrogens with zero attached hydrogens (tertiary/aromatic N) is 1. The molecule has 0 saturated heterocycles. The average molecular weight is 203 g/mol. The molecular weight excluding hydrogens is 190 g/mol. The molecule has 0 N–H and O–H groups in total. The summed E-state index contributed by atoms with van der Waals surface area (Å²) in [5.74, 6) is 0. The number of rotatable bonds is 0. The van der Waals surface area contributed by atoms with Gasteiger partial charge in [0.25, 0.3) is 0 Å². The third kappa shape index (κ3) is 1.46. The fourth-order valence-corrected chi connectivity index (χ4v) is 3.65. The molecule has 1 saturated carbocycles. The third-order valence-electron chi connectivity index (χ3n) is 2.94. The number of hydrogen-bond donors (Lipinski definition) is 0. The highest BCUT2D eigenvalue weighted by atomic mass is 32.2. The molecule has 0 bridgehead atoms. The molecule has 1 heterocycles. The van der Waals surface area contributed by atoms with Crippen LogP contribution in [0.4, 0.5) is 0 Å². The van der Waals surface area contributed by atoms with Gasteiger partial charge in [-0.3, -0.25) is 4.99 Å². The highest BCUT2D eigenvalue weighted by molar-refractivity contribution is 8.01. The molecule has 3 aliphatic rings. The summed E-state index contributed by atoms with van der Waals surface area (Å²) in [5.41, 5.74) is 1.24. The summed E-state index contributed by atoms with van der Waals surface area (Å²) in [5, 5.41) is 1.20. The van der Waals surface area contributed by atoms with Crippen molar-refractivity contribution in [1.82, 2.24) is 0 Å². The summed E-state index contributed by atoms with van der Waals surface area (Å²) < 4.78 is 0. The van der Waals surface area contributed by atoms with E-state index in [9.17, 15) is 0 Å². The van der Waals surface area contributed by atoms with Crippen LogP contribution < -0.4 is 0 Å². The molecule has 0 aromatic rings. The van der Waals surface area contributed by atoms with Crippen LogP contribution in [0.15, 0.2) is 29.3 Å². The first-order chi connectivity index (χ1) is 6.93. The van der Waals surface area contributed by atoms with E-state index in [4.69, 9.17) is 4.99 Å². The van der Waals surface area contributed by atoms with Gasteiger partial charge in [0.2, 0.25) is 0 Å². The van der Waals surface area contributed by atoms with Crippen molar-refractivity contribution in [3.63, 3.8) is 0 Å². The van der Waals surface area contributed by atoms with Gasteiger partial charge < -0.3 is 0 Å². The van der Waals surface area contributed by atoms with Gasteiger partial charge in [-0.1, -0.05) is 24.6 Å². The lowest BCUT2D eigenvalue weighted by Crippen LogP contribution is -2.36. The molecule has 3 rings (SSSR count). The molecule has 72 valence electrons. The fourth-order valence-electron chi connectivity index (χ4n) is 2.21. The summed E-state index contributed by atoms with van der Waals surface area (Å²) in [7, 11) is 0. The Labute approximate surface area is 89.4 Å². The minimum Gasteiger partial charge on any atom is -0.283 e. The van der Waals surface area contributed by atoms with E-state index in [1.54, 1.807) is 0 Å². The number of allylic oxidation sites excluding steroid dienone is 3. The standard InChI is InChI=1S/C12H13NS/c1-3-7-11-9(5-1)13-10-6-2-4-8-12(10)14-11/h1,3,5,7,10-12H,2,4,8H2. The summed E-state index contributed by atoms with van der Waals surface area (Å²) in [4.78, 5) is 4.77. The molecule has 2 radical (unpaired) electrons. The van der Waals surface area contributed by atoms with Crippen molar-refractivity contribution < 1.29 is 0 Å². The number of hydrogen-bond acceptors (Lipinski definition) is 2. The molecule has 1 nitrogen and oxygen atoms in total. The van der Waals surface area contributed by atoms with Crippen LogP contribution in [-0.4, -0.2) is 22.3 Å². The summed E-state index contributed by atoms with van der Waals surface area (Å²) in [6.07, 6.45) is 15.8. The average Bonchev–Trinajstić information content (AvgIpc) is 2.26. The van der Waals surface area contributed by atoms with E-state index in [1.807, 2.05) is 0 Å². The monoisotopic (exact) mass is 203 g/mol. The second-order valence-electron chi connectivity index (χ2n) is 3.93. The fraction of sp³-hybridized carbons (Fsp3) is 0.500. The summed E-state index contributed by atoms with van der Waals surface area (Å²) in [6.45, 7) is 0. The Hall–Kier alpha value is -0.500. The minimum absolute atomic E-state index is 0.371. The Morgan fingerprint density at radius 1 is 1.43 bits per heavy atom. The van der Waals surface area contributed by atoms with Crippen LogP contribution in [0.5, 0.6) is 0 Å². The largest absolute Gasteiger partial charge is 0.283 e. The molecule has 1 fully saturated rings. The highest BCUT2D eigenvalue weighted by Crippen LogP contribution is 2.38. The van der Waals surface area contributed by atoms with Crippen LogP contribution in [0.2, 0.25) is 0 Å². The molecule has 2 aliphatic carbocycles. The maximum absolute atomic E-state index is 4.77. The van der Waals surface area contributed by atoms with Crippen LogP contribution in [0.25, 0.3) is 0 Å². The zero-order valence-electron chi connectivity index (χ0n) is 8.02. The van der Waals surface area contributed by atoms with Gasteiger partial charge in [0.15, 0.2) is 0 Å². The maximum Gasteiger partial charge on any atom is 0.0691 e. The second-order valence-corrected chi connectivity index (χ2v) is 5.32. The Kier molecular flexibility index (Phi) is 2.24. The quantitative estimate of drug-likeness (QED) is 0.589. The van der Waals surface area contributed by atoms with Crippen molar-refractivity contribution in [2.45, 2.75) is 35.8 Å². The van der Waals surface area contributed by atoms with Gasteiger partial charge in [-0.05, 0) is 18.9 Å². The molecule has 0 aromatic heterocycles. The molecule has 3 unspecified atom stereocenters. The lowest BCUT2D eigenvalue weighted by Gasteiger charge is -2.35. The minimum atomic E-state index is 0.371. The van der Waals surface area contributed by atoms with Crippen molar-refractivity contribution in [3.8, 4) is 0 Å². The SMILES string of the molecule is [C]1CCCC2SC3C=CC=CC3=NC12. The van der Waals surface area contributed by atoms with Crippen molar-refractivity contribution in [2.24, 2.45) is 4.99 Å². The van der Waals surface area contributed by atoms with Crippen LogP contribution in [-0.2, 0) is 0 Å². The van der Waals surface area contributed by atoms with E-state index in [0.29, 0.717) is 16.5 Å².